The van der Waals surface area contributed by atoms with Gasteiger partial charge in [0.15, 0.2) is 0 Å². The van der Waals surface area contributed by atoms with Crippen LogP contribution in [0, 0.1) is 0 Å². The van der Waals surface area contributed by atoms with Gasteiger partial charge in [-0.05, 0) is 20.9 Å². The van der Waals surface area contributed by atoms with Crippen LogP contribution in [0.2, 0.25) is 0 Å². The van der Waals surface area contributed by atoms with Crippen molar-refractivity contribution in [1.29, 1.82) is 0 Å². The Labute approximate surface area is 91.4 Å². The summed E-state index contributed by atoms with van der Waals surface area (Å²) < 4.78 is 0. The maximum absolute atomic E-state index is 11.3. The van der Waals surface area contributed by atoms with Gasteiger partial charge < -0.3 is 10.2 Å². The molecule has 0 bridgehead atoms. The molecule has 0 atom stereocenters. The summed E-state index contributed by atoms with van der Waals surface area (Å²) in [5.74, 6) is -0.0612. The zero-order valence-electron chi connectivity index (χ0n) is 10.2. The lowest BCUT2D eigenvalue weighted by Gasteiger charge is -2.19. The van der Waals surface area contributed by atoms with Crippen molar-refractivity contribution in [3.05, 3.63) is 0 Å². The van der Waals surface area contributed by atoms with Crippen molar-refractivity contribution in [1.82, 2.24) is 15.1 Å². The number of nitrogens with one attached hydrogen (secondary N) is 1. The maximum Gasteiger partial charge on any atom is 0.236 e. The highest BCUT2D eigenvalue weighted by Gasteiger charge is 2.11. The molecular weight excluding hydrogens is 194 g/mol. The lowest BCUT2D eigenvalue weighted by atomic mass is 10.3. The first kappa shape index (κ1) is 13.9. The molecule has 0 aromatic rings. The summed E-state index contributed by atoms with van der Waals surface area (Å²) in [7, 11) is 5.15. The average molecular weight is 215 g/mol. The molecular formula is C10H21N3O2. The van der Waals surface area contributed by atoms with E-state index in [-0.39, 0.29) is 30.9 Å². The van der Waals surface area contributed by atoms with Gasteiger partial charge in [-0.2, -0.15) is 0 Å². The van der Waals surface area contributed by atoms with Crippen LogP contribution in [0.3, 0.4) is 0 Å². The fourth-order valence-electron chi connectivity index (χ4n) is 1.04. The lowest BCUT2D eigenvalue weighted by Crippen LogP contribution is -2.42. The molecule has 0 fully saturated rings. The number of likely N-dealkylation sites (N-methyl/N-ethyl adjacent to an activating group) is 2. The topological polar surface area (TPSA) is 52.7 Å². The zero-order chi connectivity index (χ0) is 12.0. The molecule has 1 N–H and O–H groups in total. The van der Waals surface area contributed by atoms with Crippen molar-refractivity contribution in [3.8, 4) is 0 Å². The van der Waals surface area contributed by atoms with Gasteiger partial charge in [0.2, 0.25) is 11.8 Å². The molecule has 5 nitrogen and oxygen atoms in total. The Hall–Kier alpha value is -1.10. The Morgan fingerprint density at radius 2 is 1.67 bits per heavy atom. The highest BCUT2D eigenvalue weighted by molar-refractivity contribution is 5.81. The van der Waals surface area contributed by atoms with E-state index < -0.39 is 0 Å². The normalized spacial score (nSPS) is 10.6. The molecule has 0 saturated carbocycles. The molecule has 0 aliphatic heterocycles. The van der Waals surface area contributed by atoms with Gasteiger partial charge in [-0.15, -0.1) is 0 Å². The van der Waals surface area contributed by atoms with Gasteiger partial charge in [0.05, 0.1) is 13.1 Å². The molecule has 0 saturated heterocycles. The number of hydrogen-bond donors (Lipinski definition) is 1. The van der Waals surface area contributed by atoms with E-state index in [0.29, 0.717) is 0 Å². The van der Waals surface area contributed by atoms with Gasteiger partial charge in [0.25, 0.3) is 0 Å². The summed E-state index contributed by atoms with van der Waals surface area (Å²) in [5.41, 5.74) is 0. The van der Waals surface area contributed by atoms with Gasteiger partial charge in [-0.1, -0.05) is 0 Å². The largest absolute Gasteiger partial charge is 0.353 e. The summed E-state index contributed by atoms with van der Waals surface area (Å²) in [4.78, 5) is 25.9. The van der Waals surface area contributed by atoms with E-state index in [2.05, 4.69) is 5.32 Å². The second-order valence-electron chi connectivity index (χ2n) is 4.18. The molecule has 15 heavy (non-hydrogen) atoms. The SMILES string of the molecule is CC(C)NC(=O)CN(C)CC(=O)N(C)C. The van der Waals surface area contributed by atoms with E-state index in [4.69, 9.17) is 0 Å². The maximum atomic E-state index is 11.3. The van der Waals surface area contributed by atoms with Gasteiger partial charge >= 0.3 is 0 Å². The van der Waals surface area contributed by atoms with Crippen LogP contribution >= 0.6 is 0 Å². The molecule has 5 heteroatoms. The van der Waals surface area contributed by atoms with Crippen molar-refractivity contribution in [2.45, 2.75) is 19.9 Å². The minimum absolute atomic E-state index is 0.00477. The molecule has 88 valence electrons. The van der Waals surface area contributed by atoms with Crippen LogP contribution in [-0.2, 0) is 9.59 Å². The third-order valence-corrected chi connectivity index (χ3v) is 1.77. The first-order chi connectivity index (χ1) is 6.82. The summed E-state index contributed by atoms with van der Waals surface area (Å²) in [5, 5.41) is 2.77. The predicted molar refractivity (Wildman–Crippen MR) is 59.5 cm³/mol. The third kappa shape index (κ3) is 6.90. The molecule has 0 rings (SSSR count). The van der Waals surface area contributed by atoms with E-state index in [1.807, 2.05) is 13.8 Å². The Kier molecular flexibility index (Phi) is 5.93. The minimum atomic E-state index is -0.0564. The summed E-state index contributed by atoms with van der Waals surface area (Å²) in [6.07, 6.45) is 0. The van der Waals surface area contributed by atoms with Crippen molar-refractivity contribution >= 4 is 11.8 Å². The Morgan fingerprint density at radius 1 is 1.13 bits per heavy atom. The van der Waals surface area contributed by atoms with Crippen LogP contribution in [0.25, 0.3) is 0 Å². The smallest absolute Gasteiger partial charge is 0.236 e. The number of carbonyl (C=O) groups excluding carboxylic acids is 2. The molecule has 0 spiro atoms. The summed E-state index contributed by atoms with van der Waals surface area (Å²) in [6, 6.07) is 0.135. The molecule has 0 aliphatic rings. The van der Waals surface area contributed by atoms with Crippen molar-refractivity contribution in [3.63, 3.8) is 0 Å². The summed E-state index contributed by atoms with van der Waals surface area (Å²) >= 11 is 0. The van der Waals surface area contributed by atoms with E-state index in [1.54, 1.807) is 26.0 Å². The van der Waals surface area contributed by atoms with Crippen LogP contribution in [0.15, 0.2) is 0 Å². The number of rotatable bonds is 5. The number of hydrogen-bond acceptors (Lipinski definition) is 3. The second kappa shape index (κ2) is 6.40. The zero-order valence-corrected chi connectivity index (χ0v) is 10.2. The van der Waals surface area contributed by atoms with Crippen LogP contribution < -0.4 is 5.32 Å². The molecule has 0 aromatic heterocycles. The van der Waals surface area contributed by atoms with Crippen molar-refractivity contribution in [2.24, 2.45) is 0 Å². The van der Waals surface area contributed by atoms with E-state index in [1.165, 1.54) is 4.90 Å². The van der Waals surface area contributed by atoms with Crippen LogP contribution in [0.5, 0.6) is 0 Å². The Balaban J connectivity index is 3.88. The standard InChI is InChI=1S/C10H21N3O2/c1-8(2)11-9(14)6-13(5)7-10(15)12(3)4/h8H,6-7H2,1-5H3,(H,11,14). The highest BCUT2D eigenvalue weighted by Crippen LogP contribution is 1.87. The quantitative estimate of drug-likeness (QED) is 0.674. The van der Waals surface area contributed by atoms with Gasteiger partial charge in [0, 0.05) is 20.1 Å². The van der Waals surface area contributed by atoms with Crippen LogP contribution in [-0.4, -0.2) is 61.9 Å². The van der Waals surface area contributed by atoms with E-state index >= 15 is 0 Å². The van der Waals surface area contributed by atoms with E-state index in [9.17, 15) is 9.59 Å². The van der Waals surface area contributed by atoms with Crippen molar-refractivity contribution < 1.29 is 9.59 Å². The lowest BCUT2D eigenvalue weighted by molar-refractivity contribution is -0.130. The molecule has 0 unspecified atom stereocenters. The first-order valence-electron chi connectivity index (χ1n) is 5.01. The fraction of sp³-hybridized carbons (Fsp3) is 0.800. The first-order valence-corrected chi connectivity index (χ1v) is 5.01. The Morgan fingerprint density at radius 3 is 2.07 bits per heavy atom. The molecule has 0 heterocycles. The van der Waals surface area contributed by atoms with Crippen LogP contribution in [0.4, 0.5) is 0 Å². The van der Waals surface area contributed by atoms with Gasteiger partial charge in [0.1, 0.15) is 0 Å². The van der Waals surface area contributed by atoms with Crippen molar-refractivity contribution in [2.75, 3.05) is 34.2 Å². The van der Waals surface area contributed by atoms with Gasteiger partial charge in [-0.3, -0.25) is 14.5 Å². The highest BCUT2D eigenvalue weighted by atomic mass is 16.2. The molecule has 0 aromatic carbocycles. The van der Waals surface area contributed by atoms with Crippen LogP contribution in [0.1, 0.15) is 13.8 Å². The Bertz CT molecular complexity index is 227. The second-order valence-corrected chi connectivity index (χ2v) is 4.18. The predicted octanol–water partition coefficient (Wildman–Crippen LogP) is -0.469. The van der Waals surface area contributed by atoms with E-state index in [0.717, 1.165) is 0 Å². The molecule has 2 amide bonds. The number of nitrogens with zero attached hydrogens (tertiary/aromatic N) is 2. The number of carbonyl (C=O) groups is 2. The van der Waals surface area contributed by atoms with Gasteiger partial charge in [-0.25, -0.2) is 0 Å². The fourth-order valence-corrected chi connectivity index (χ4v) is 1.04. The molecule has 0 radical (unpaired) electrons. The average Bonchev–Trinajstić information content (AvgIpc) is 2.00. The monoisotopic (exact) mass is 215 g/mol. The third-order valence-electron chi connectivity index (χ3n) is 1.77. The molecule has 0 aliphatic carbocycles. The summed E-state index contributed by atoms with van der Waals surface area (Å²) in [6.45, 7) is 4.32. The minimum Gasteiger partial charge on any atom is -0.353 e. The number of amides is 2.